The number of aromatic nitrogens is 4. The summed E-state index contributed by atoms with van der Waals surface area (Å²) in [5, 5.41) is 8.05. The summed E-state index contributed by atoms with van der Waals surface area (Å²) in [5.41, 5.74) is 1.23. The Balaban J connectivity index is 1.41. The summed E-state index contributed by atoms with van der Waals surface area (Å²) in [6.07, 6.45) is -3.74. The summed E-state index contributed by atoms with van der Waals surface area (Å²) in [6, 6.07) is 15.9. The molecule has 0 aliphatic rings. The number of halogens is 3. The number of hydrogen-bond acceptors (Lipinski definition) is 5. The van der Waals surface area contributed by atoms with E-state index < -0.39 is 11.7 Å². The van der Waals surface area contributed by atoms with Gasteiger partial charge in [0.05, 0.1) is 11.1 Å². The fraction of sp³-hybridized carbons (Fsp3) is 0.143. The zero-order chi connectivity index (χ0) is 22.0. The molecular formula is C21H16F3N5O2. The lowest BCUT2D eigenvalue weighted by Crippen LogP contribution is -2.30. The van der Waals surface area contributed by atoms with Crippen LogP contribution >= 0.6 is 0 Å². The zero-order valence-corrected chi connectivity index (χ0v) is 16.2. The number of benzene rings is 2. The second kappa shape index (κ2) is 8.05. The molecule has 4 aromatic rings. The Labute approximate surface area is 174 Å². The van der Waals surface area contributed by atoms with E-state index in [0.29, 0.717) is 23.2 Å². The van der Waals surface area contributed by atoms with Crippen molar-refractivity contribution in [3.05, 3.63) is 72.4 Å². The van der Waals surface area contributed by atoms with Crippen molar-refractivity contribution < 1.29 is 22.7 Å². The molecule has 0 N–H and O–H groups in total. The molecule has 0 saturated carbocycles. The molecule has 158 valence electrons. The SMILES string of the molecule is CN(C(=O)Cn1nnc2ccccc21)c1ccc(Oc2ccc(C(F)(F)F)cn2)cc1. The van der Waals surface area contributed by atoms with Crippen LogP contribution in [0.25, 0.3) is 11.0 Å². The Hall–Kier alpha value is -3.95. The third kappa shape index (κ3) is 4.47. The topological polar surface area (TPSA) is 73.1 Å². The van der Waals surface area contributed by atoms with E-state index in [1.54, 1.807) is 31.3 Å². The summed E-state index contributed by atoms with van der Waals surface area (Å²) in [6.45, 7) is 0.0186. The lowest BCUT2D eigenvalue weighted by molar-refractivity contribution is -0.137. The van der Waals surface area contributed by atoms with Gasteiger partial charge in [0.25, 0.3) is 0 Å². The summed E-state index contributed by atoms with van der Waals surface area (Å²) >= 11 is 0. The number of nitrogens with zero attached hydrogens (tertiary/aromatic N) is 5. The fourth-order valence-corrected chi connectivity index (χ4v) is 2.88. The van der Waals surface area contributed by atoms with Crippen LogP contribution < -0.4 is 9.64 Å². The number of pyridine rings is 1. The summed E-state index contributed by atoms with van der Waals surface area (Å²) in [7, 11) is 1.63. The van der Waals surface area contributed by atoms with E-state index in [1.165, 1.54) is 9.58 Å². The molecule has 2 aromatic heterocycles. The van der Waals surface area contributed by atoms with E-state index >= 15 is 0 Å². The standard InChI is InChI=1S/C21H16F3N5O2/c1-28(20(30)13-29-18-5-3-2-4-17(18)26-27-29)15-7-9-16(10-8-15)31-19-11-6-14(12-25-19)21(22,23)24/h2-12H,13H2,1H3. The van der Waals surface area contributed by atoms with Crippen LogP contribution in [-0.2, 0) is 17.5 Å². The molecule has 4 rings (SSSR count). The number of anilines is 1. The van der Waals surface area contributed by atoms with Gasteiger partial charge in [-0.15, -0.1) is 5.10 Å². The first-order valence-electron chi connectivity index (χ1n) is 9.17. The first-order valence-corrected chi connectivity index (χ1v) is 9.17. The van der Waals surface area contributed by atoms with E-state index in [2.05, 4.69) is 15.3 Å². The number of para-hydroxylation sites is 1. The highest BCUT2D eigenvalue weighted by molar-refractivity contribution is 5.93. The molecule has 0 aliphatic heterocycles. The van der Waals surface area contributed by atoms with Crippen molar-refractivity contribution in [3.8, 4) is 11.6 Å². The third-order valence-electron chi connectivity index (χ3n) is 4.59. The molecule has 10 heteroatoms. The number of fused-ring (bicyclic) bond motifs is 1. The highest BCUT2D eigenvalue weighted by Crippen LogP contribution is 2.30. The van der Waals surface area contributed by atoms with Gasteiger partial charge in [-0.25, -0.2) is 9.67 Å². The molecular weight excluding hydrogens is 411 g/mol. The number of amides is 1. The fourth-order valence-electron chi connectivity index (χ4n) is 2.88. The molecule has 0 unspecified atom stereocenters. The predicted molar refractivity (Wildman–Crippen MR) is 107 cm³/mol. The molecule has 7 nitrogen and oxygen atoms in total. The number of alkyl halides is 3. The van der Waals surface area contributed by atoms with Crippen molar-refractivity contribution in [1.82, 2.24) is 20.0 Å². The second-order valence-electron chi connectivity index (χ2n) is 6.67. The van der Waals surface area contributed by atoms with E-state index in [4.69, 9.17) is 4.74 Å². The number of likely N-dealkylation sites (N-methyl/N-ethyl adjacent to an activating group) is 1. The van der Waals surface area contributed by atoms with Crippen LogP contribution in [0.3, 0.4) is 0 Å². The normalized spacial score (nSPS) is 11.5. The average Bonchev–Trinajstić information content (AvgIpc) is 3.16. The van der Waals surface area contributed by atoms with Crippen LogP contribution in [0, 0.1) is 0 Å². The molecule has 0 saturated heterocycles. The molecule has 0 aliphatic carbocycles. The van der Waals surface area contributed by atoms with Crippen LogP contribution in [-0.4, -0.2) is 32.9 Å². The van der Waals surface area contributed by atoms with Gasteiger partial charge >= 0.3 is 6.18 Å². The molecule has 0 bridgehead atoms. The first-order chi connectivity index (χ1) is 14.8. The van der Waals surface area contributed by atoms with Gasteiger partial charge in [-0.2, -0.15) is 13.2 Å². The van der Waals surface area contributed by atoms with Gasteiger partial charge in [-0.3, -0.25) is 4.79 Å². The molecule has 2 heterocycles. The van der Waals surface area contributed by atoms with Crippen LogP contribution in [0.5, 0.6) is 11.6 Å². The van der Waals surface area contributed by atoms with E-state index in [0.717, 1.165) is 17.6 Å². The van der Waals surface area contributed by atoms with E-state index in [-0.39, 0.29) is 18.3 Å². The molecule has 0 spiro atoms. The highest BCUT2D eigenvalue weighted by atomic mass is 19.4. The maximum atomic E-state index is 12.6. The number of carbonyl (C=O) groups excluding carboxylic acids is 1. The van der Waals surface area contributed by atoms with Gasteiger partial charge in [0.15, 0.2) is 0 Å². The molecule has 0 atom stereocenters. The zero-order valence-electron chi connectivity index (χ0n) is 16.2. The van der Waals surface area contributed by atoms with Crippen molar-refractivity contribution in [2.45, 2.75) is 12.7 Å². The summed E-state index contributed by atoms with van der Waals surface area (Å²) < 4.78 is 44.8. The molecule has 0 radical (unpaired) electrons. The highest BCUT2D eigenvalue weighted by Gasteiger charge is 2.30. The monoisotopic (exact) mass is 427 g/mol. The lowest BCUT2D eigenvalue weighted by Gasteiger charge is -2.18. The smallest absolute Gasteiger partial charge is 0.417 e. The molecule has 2 aromatic carbocycles. The quantitative estimate of drug-likeness (QED) is 0.475. The van der Waals surface area contributed by atoms with Crippen LogP contribution in [0.15, 0.2) is 66.9 Å². The van der Waals surface area contributed by atoms with E-state index in [1.807, 2.05) is 24.3 Å². The number of rotatable bonds is 5. The summed E-state index contributed by atoms with van der Waals surface area (Å²) in [4.78, 5) is 17.8. The second-order valence-corrected chi connectivity index (χ2v) is 6.67. The molecule has 1 amide bonds. The van der Waals surface area contributed by atoms with E-state index in [9.17, 15) is 18.0 Å². The van der Waals surface area contributed by atoms with Gasteiger partial charge in [0.1, 0.15) is 17.8 Å². The van der Waals surface area contributed by atoms with Crippen molar-refractivity contribution >= 4 is 22.6 Å². The van der Waals surface area contributed by atoms with Gasteiger partial charge in [-0.05, 0) is 42.5 Å². The summed E-state index contributed by atoms with van der Waals surface area (Å²) in [5.74, 6) is 0.205. The number of hydrogen-bond donors (Lipinski definition) is 0. The minimum absolute atomic E-state index is 0.0186. The van der Waals surface area contributed by atoms with Crippen molar-refractivity contribution in [2.75, 3.05) is 11.9 Å². The maximum Gasteiger partial charge on any atom is 0.417 e. The Bertz CT molecular complexity index is 1200. The maximum absolute atomic E-state index is 12.6. The van der Waals surface area contributed by atoms with Crippen LogP contribution in [0.1, 0.15) is 5.56 Å². The number of carbonyl (C=O) groups is 1. The Morgan fingerprint density at radius 1 is 1.06 bits per heavy atom. The van der Waals surface area contributed by atoms with Gasteiger partial charge in [-0.1, -0.05) is 17.3 Å². The Morgan fingerprint density at radius 2 is 1.81 bits per heavy atom. The predicted octanol–water partition coefficient (Wildman–Crippen LogP) is 4.30. The lowest BCUT2D eigenvalue weighted by atomic mass is 10.2. The van der Waals surface area contributed by atoms with Gasteiger partial charge < -0.3 is 9.64 Å². The first kappa shape index (κ1) is 20.3. The minimum Gasteiger partial charge on any atom is -0.439 e. The number of ether oxygens (including phenoxy) is 1. The van der Waals surface area contributed by atoms with Crippen LogP contribution in [0.4, 0.5) is 18.9 Å². The third-order valence-corrected chi connectivity index (χ3v) is 4.59. The largest absolute Gasteiger partial charge is 0.439 e. The Kier molecular flexibility index (Phi) is 5.28. The van der Waals surface area contributed by atoms with Gasteiger partial charge in [0.2, 0.25) is 11.8 Å². The molecule has 31 heavy (non-hydrogen) atoms. The van der Waals surface area contributed by atoms with Crippen molar-refractivity contribution in [3.63, 3.8) is 0 Å². The van der Waals surface area contributed by atoms with Crippen molar-refractivity contribution in [2.24, 2.45) is 0 Å². The average molecular weight is 427 g/mol. The molecule has 0 fully saturated rings. The van der Waals surface area contributed by atoms with Crippen LogP contribution in [0.2, 0.25) is 0 Å². The Morgan fingerprint density at radius 3 is 2.48 bits per heavy atom. The van der Waals surface area contributed by atoms with Crippen molar-refractivity contribution in [1.29, 1.82) is 0 Å². The van der Waals surface area contributed by atoms with Gasteiger partial charge in [0, 0.05) is 25.0 Å². The minimum atomic E-state index is -4.46.